The van der Waals surface area contributed by atoms with E-state index in [2.05, 4.69) is 6.92 Å². The summed E-state index contributed by atoms with van der Waals surface area (Å²) in [7, 11) is 0. The van der Waals surface area contributed by atoms with E-state index in [9.17, 15) is 0 Å². The van der Waals surface area contributed by atoms with Crippen molar-refractivity contribution in [3.8, 4) is 0 Å². The van der Waals surface area contributed by atoms with Crippen LogP contribution in [0.5, 0.6) is 0 Å². The van der Waals surface area contributed by atoms with Gasteiger partial charge in [0.15, 0.2) is 0 Å². The van der Waals surface area contributed by atoms with Crippen molar-refractivity contribution in [1.82, 2.24) is 0 Å². The highest BCUT2D eigenvalue weighted by Crippen LogP contribution is 2.09. The monoisotopic (exact) mass is 184 g/mol. The van der Waals surface area contributed by atoms with E-state index >= 15 is 0 Å². The normalized spacial score (nSPS) is 11.2. The SMILES string of the molecule is CCCCCCCCCC/C=C/O. The molecule has 0 bridgehead atoms. The smallest absolute Gasteiger partial charge is 0.0751 e. The summed E-state index contributed by atoms with van der Waals surface area (Å²) in [5.74, 6) is 0. The summed E-state index contributed by atoms with van der Waals surface area (Å²) in [6.45, 7) is 2.25. The fourth-order valence-electron chi connectivity index (χ4n) is 1.47. The third kappa shape index (κ3) is 11.5. The molecule has 0 aliphatic carbocycles. The molecule has 0 saturated carbocycles. The van der Waals surface area contributed by atoms with Gasteiger partial charge in [0.05, 0.1) is 6.26 Å². The molecule has 0 radical (unpaired) electrons. The highest BCUT2D eigenvalue weighted by atomic mass is 16.2. The van der Waals surface area contributed by atoms with Gasteiger partial charge in [0.1, 0.15) is 0 Å². The van der Waals surface area contributed by atoms with E-state index in [1.165, 1.54) is 51.4 Å². The number of rotatable bonds is 9. The Morgan fingerprint density at radius 2 is 1.38 bits per heavy atom. The minimum Gasteiger partial charge on any atom is -0.516 e. The van der Waals surface area contributed by atoms with Gasteiger partial charge in [0, 0.05) is 0 Å². The molecule has 0 atom stereocenters. The van der Waals surface area contributed by atoms with Crippen LogP contribution in [0.15, 0.2) is 12.3 Å². The molecule has 13 heavy (non-hydrogen) atoms. The lowest BCUT2D eigenvalue weighted by Crippen LogP contribution is -1.79. The quantitative estimate of drug-likeness (QED) is 0.410. The fourth-order valence-corrected chi connectivity index (χ4v) is 1.47. The molecule has 78 valence electrons. The van der Waals surface area contributed by atoms with Crippen molar-refractivity contribution in [2.45, 2.75) is 64.7 Å². The molecule has 1 heteroatoms. The molecule has 0 rings (SSSR count). The lowest BCUT2D eigenvalue weighted by Gasteiger charge is -1.99. The molecule has 1 N–H and O–H groups in total. The second-order valence-electron chi connectivity index (χ2n) is 3.65. The number of hydrogen-bond acceptors (Lipinski definition) is 1. The van der Waals surface area contributed by atoms with Crippen LogP contribution in [0.25, 0.3) is 0 Å². The van der Waals surface area contributed by atoms with Crippen molar-refractivity contribution in [2.24, 2.45) is 0 Å². The first-order chi connectivity index (χ1) is 6.41. The van der Waals surface area contributed by atoms with Crippen molar-refractivity contribution >= 4 is 0 Å². The maximum Gasteiger partial charge on any atom is 0.0751 e. The van der Waals surface area contributed by atoms with E-state index < -0.39 is 0 Å². The van der Waals surface area contributed by atoms with Crippen LogP contribution in [0.1, 0.15) is 64.7 Å². The number of unbranched alkanes of at least 4 members (excludes halogenated alkanes) is 8. The summed E-state index contributed by atoms with van der Waals surface area (Å²) in [6.07, 6.45) is 14.9. The third-order valence-electron chi connectivity index (χ3n) is 2.33. The highest BCUT2D eigenvalue weighted by molar-refractivity contribution is 4.70. The predicted molar refractivity (Wildman–Crippen MR) is 59.0 cm³/mol. The van der Waals surface area contributed by atoms with Crippen LogP contribution in [-0.2, 0) is 0 Å². The zero-order valence-corrected chi connectivity index (χ0v) is 8.97. The van der Waals surface area contributed by atoms with Gasteiger partial charge in [-0.15, -0.1) is 0 Å². The molecule has 0 heterocycles. The molecule has 0 aromatic heterocycles. The molecule has 0 amide bonds. The van der Waals surface area contributed by atoms with Gasteiger partial charge in [0.2, 0.25) is 0 Å². The molecular formula is C12H24O. The summed E-state index contributed by atoms with van der Waals surface area (Å²) in [5, 5.41) is 8.39. The maximum atomic E-state index is 8.39. The lowest BCUT2D eigenvalue weighted by atomic mass is 10.1. The number of aliphatic hydroxyl groups excluding tert-OH is 1. The van der Waals surface area contributed by atoms with Gasteiger partial charge in [0.25, 0.3) is 0 Å². The second kappa shape index (κ2) is 11.5. The van der Waals surface area contributed by atoms with Gasteiger partial charge >= 0.3 is 0 Å². The number of aliphatic hydroxyl groups is 1. The molecule has 0 unspecified atom stereocenters. The zero-order chi connectivity index (χ0) is 9.78. The molecule has 0 fully saturated rings. The average molecular weight is 184 g/mol. The van der Waals surface area contributed by atoms with Crippen LogP contribution in [0.2, 0.25) is 0 Å². The Morgan fingerprint density at radius 1 is 0.846 bits per heavy atom. The van der Waals surface area contributed by atoms with Gasteiger partial charge in [-0.05, 0) is 12.8 Å². The number of hydrogen-bond donors (Lipinski definition) is 1. The van der Waals surface area contributed by atoms with Crippen LogP contribution in [-0.4, -0.2) is 5.11 Å². The Hall–Kier alpha value is -0.460. The minimum atomic E-state index is 1.03. The Kier molecular flexibility index (Phi) is 11.1. The van der Waals surface area contributed by atoms with E-state index in [4.69, 9.17) is 5.11 Å². The summed E-state index contributed by atoms with van der Waals surface area (Å²) >= 11 is 0. The largest absolute Gasteiger partial charge is 0.516 e. The van der Waals surface area contributed by atoms with E-state index in [1.807, 2.05) is 6.08 Å². The summed E-state index contributed by atoms with van der Waals surface area (Å²) in [4.78, 5) is 0. The van der Waals surface area contributed by atoms with Crippen molar-refractivity contribution < 1.29 is 5.11 Å². The third-order valence-corrected chi connectivity index (χ3v) is 2.33. The first-order valence-corrected chi connectivity index (χ1v) is 5.71. The minimum absolute atomic E-state index is 1.03. The first-order valence-electron chi connectivity index (χ1n) is 5.71. The molecule has 1 nitrogen and oxygen atoms in total. The second-order valence-corrected chi connectivity index (χ2v) is 3.65. The first kappa shape index (κ1) is 12.5. The molecule has 0 aliphatic heterocycles. The Labute approximate surface area is 82.9 Å². The molecular weight excluding hydrogens is 160 g/mol. The van der Waals surface area contributed by atoms with E-state index in [1.54, 1.807) is 0 Å². The van der Waals surface area contributed by atoms with Gasteiger partial charge in [-0.25, -0.2) is 0 Å². The molecule has 0 saturated heterocycles. The van der Waals surface area contributed by atoms with Crippen molar-refractivity contribution in [1.29, 1.82) is 0 Å². The van der Waals surface area contributed by atoms with Crippen LogP contribution in [0.3, 0.4) is 0 Å². The average Bonchev–Trinajstić information content (AvgIpc) is 2.16. The van der Waals surface area contributed by atoms with Gasteiger partial charge in [-0.1, -0.05) is 57.9 Å². The highest BCUT2D eigenvalue weighted by Gasteiger charge is 1.89. The molecule has 0 spiro atoms. The van der Waals surface area contributed by atoms with Crippen LogP contribution in [0, 0.1) is 0 Å². The maximum absolute atomic E-state index is 8.39. The van der Waals surface area contributed by atoms with Crippen molar-refractivity contribution in [3.63, 3.8) is 0 Å². The predicted octanol–water partition coefficient (Wildman–Crippen LogP) is 4.59. The van der Waals surface area contributed by atoms with E-state index in [0.717, 1.165) is 12.7 Å². The van der Waals surface area contributed by atoms with Crippen molar-refractivity contribution in [2.75, 3.05) is 0 Å². The molecule has 0 aromatic carbocycles. The standard InChI is InChI=1S/C12H24O/c1-2-3-4-5-6-7-8-9-10-11-12-13/h11-13H,2-10H2,1H3/b12-11+. The van der Waals surface area contributed by atoms with Crippen LogP contribution in [0.4, 0.5) is 0 Å². The van der Waals surface area contributed by atoms with E-state index in [-0.39, 0.29) is 0 Å². The summed E-state index contributed by atoms with van der Waals surface area (Å²) in [6, 6.07) is 0. The van der Waals surface area contributed by atoms with E-state index in [0.29, 0.717) is 0 Å². The summed E-state index contributed by atoms with van der Waals surface area (Å²) in [5.41, 5.74) is 0. The van der Waals surface area contributed by atoms with Crippen molar-refractivity contribution in [3.05, 3.63) is 12.3 Å². The molecule has 0 aliphatic rings. The van der Waals surface area contributed by atoms with Gasteiger partial charge < -0.3 is 5.11 Å². The fraction of sp³-hybridized carbons (Fsp3) is 0.833. The topological polar surface area (TPSA) is 20.2 Å². The Morgan fingerprint density at radius 3 is 1.92 bits per heavy atom. The van der Waals surface area contributed by atoms with Gasteiger partial charge in [-0.3, -0.25) is 0 Å². The summed E-state index contributed by atoms with van der Waals surface area (Å²) < 4.78 is 0. The zero-order valence-electron chi connectivity index (χ0n) is 8.97. The van der Waals surface area contributed by atoms with Gasteiger partial charge in [-0.2, -0.15) is 0 Å². The number of allylic oxidation sites excluding steroid dienone is 1. The Bertz CT molecular complexity index is 108. The lowest BCUT2D eigenvalue weighted by molar-refractivity contribution is 0.469. The molecule has 0 aromatic rings. The Balaban J connectivity index is 2.83. The van der Waals surface area contributed by atoms with Crippen LogP contribution < -0.4 is 0 Å². The van der Waals surface area contributed by atoms with Crippen LogP contribution >= 0.6 is 0 Å².